The van der Waals surface area contributed by atoms with Gasteiger partial charge < -0.3 is 15.1 Å². The third-order valence-electron chi connectivity index (χ3n) is 4.20. The smallest absolute Gasteiger partial charge is 0.223 e. The molecule has 124 valence electrons. The van der Waals surface area contributed by atoms with Gasteiger partial charge in [-0.05, 0) is 30.8 Å². The number of likely N-dealkylation sites (N-methyl/N-ethyl adjacent to an activating group) is 1. The number of fused-ring (bicyclic) bond motifs is 1. The highest BCUT2D eigenvalue weighted by Crippen LogP contribution is 2.32. The standard InChI is InChI=1S/C18H25N3O2/c1-4-20(3)12-10-19-18(23)13-17-16-8-6-5-7-15(16)9-11-21(17)14(2)22/h5-9,11,17H,4,10,12-13H2,1-3H3,(H,19,23). The largest absolute Gasteiger partial charge is 0.355 e. The second kappa shape index (κ2) is 7.92. The van der Waals surface area contributed by atoms with Gasteiger partial charge >= 0.3 is 0 Å². The highest BCUT2D eigenvalue weighted by Gasteiger charge is 2.27. The van der Waals surface area contributed by atoms with Crippen LogP contribution in [-0.2, 0) is 9.59 Å². The molecule has 0 aliphatic carbocycles. The fraction of sp³-hybridized carbons (Fsp3) is 0.444. The van der Waals surface area contributed by atoms with Crippen LogP contribution in [0.15, 0.2) is 30.5 Å². The van der Waals surface area contributed by atoms with Crippen LogP contribution in [0, 0.1) is 0 Å². The van der Waals surface area contributed by atoms with Crippen molar-refractivity contribution in [3.8, 4) is 0 Å². The fourth-order valence-corrected chi connectivity index (χ4v) is 2.71. The molecule has 1 heterocycles. The van der Waals surface area contributed by atoms with Gasteiger partial charge in [0.15, 0.2) is 0 Å². The molecule has 1 unspecified atom stereocenters. The molecule has 0 radical (unpaired) electrons. The number of nitrogens with one attached hydrogen (secondary N) is 1. The summed E-state index contributed by atoms with van der Waals surface area (Å²) in [5.41, 5.74) is 2.08. The van der Waals surface area contributed by atoms with Crippen molar-refractivity contribution in [1.82, 2.24) is 15.1 Å². The zero-order valence-corrected chi connectivity index (χ0v) is 14.1. The van der Waals surface area contributed by atoms with E-state index in [9.17, 15) is 9.59 Å². The average Bonchev–Trinajstić information content (AvgIpc) is 2.54. The Kier molecular flexibility index (Phi) is 5.93. The number of hydrogen-bond donors (Lipinski definition) is 1. The molecule has 1 aromatic carbocycles. The summed E-state index contributed by atoms with van der Waals surface area (Å²) >= 11 is 0. The minimum atomic E-state index is -0.238. The Balaban J connectivity index is 2.04. The van der Waals surface area contributed by atoms with Crippen LogP contribution in [0.1, 0.15) is 37.4 Å². The van der Waals surface area contributed by atoms with Crippen LogP contribution in [0.2, 0.25) is 0 Å². The number of hydrogen-bond acceptors (Lipinski definition) is 3. The first kappa shape index (κ1) is 17.2. The van der Waals surface area contributed by atoms with Crippen molar-refractivity contribution in [1.29, 1.82) is 0 Å². The van der Waals surface area contributed by atoms with E-state index >= 15 is 0 Å². The normalized spacial score (nSPS) is 16.3. The zero-order chi connectivity index (χ0) is 16.8. The van der Waals surface area contributed by atoms with Gasteiger partial charge in [0.05, 0.1) is 12.5 Å². The molecule has 2 amide bonds. The van der Waals surface area contributed by atoms with E-state index in [4.69, 9.17) is 0 Å². The van der Waals surface area contributed by atoms with E-state index in [0.29, 0.717) is 6.54 Å². The lowest BCUT2D eigenvalue weighted by atomic mass is 9.93. The quantitative estimate of drug-likeness (QED) is 0.874. The summed E-state index contributed by atoms with van der Waals surface area (Å²) in [6.07, 6.45) is 3.96. The Morgan fingerprint density at radius 2 is 2.04 bits per heavy atom. The first-order chi connectivity index (χ1) is 11.0. The first-order valence-electron chi connectivity index (χ1n) is 8.04. The van der Waals surface area contributed by atoms with E-state index in [1.54, 1.807) is 11.1 Å². The van der Waals surface area contributed by atoms with Gasteiger partial charge in [-0.15, -0.1) is 0 Å². The van der Waals surface area contributed by atoms with Crippen LogP contribution in [0.5, 0.6) is 0 Å². The second-order valence-electron chi connectivity index (χ2n) is 5.84. The van der Waals surface area contributed by atoms with E-state index < -0.39 is 0 Å². The van der Waals surface area contributed by atoms with Crippen molar-refractivity contribution in [3.05, 3.63) is 41.6 Å². The summed E-state index contributed by atoms with van der Waals surface area (Å²) in [5.74, 6) is -0.0878. The van der Waals surface area contributed by atoms with Crippen LogP contribution in [0.4, 0.5) is 0 Å². The predicted octanol–water partition coefficient (Wildman–Crippen LogP) is 2.02. The summed E-state index contributed by atoms with van der Waals surface area (Å²) in [4.78, 5) is 27.9. The van der Waals surface area contributed by atoms with Gasteiger partial charge in [0.25, 0.3) is 0 Å². The molecule has 1 atom stereocenters. The number of rotatable bonds is 6. The topological polar surface area (TPSA) is 52.7 Å². The molecule has 0 saturated heterocycles. The summed E-state index contributed by atoms with van der Waals surface area (Å²) < 4.78 is 0. The molecule has 1 N–H and O–H groups in total. The molecule has 0 spiro atoms. The number of amides is 2. The number of carbonyl (C=O) groups excluding carboxylic acids is 2. The third-order valence-corrected chi connectivity index (χ3v) is 4.20. The van der Waals surface area contributed by atoms with Crippen molar-refractivity contribution in [2.24, 2.45) is 0 Å². The van der Waals surface area contributed by atoms with E-state index in [0.717, 1.165) is 24.2 Å². The lowest BCUT2D eigenvalue weighted by Crippen LogP contribution is -2.37. The van der Waals surface area contributed by atoms with Gasteiger partial charge in [-0.1, -0.05) is 31.2 Å². The molecule has 1 aromatic rings. The number of benzene rings is 1. The minimum absolute atomic E-state index is 0.0316. The first-order valence-corrected chi connectivity index (χ1v) is 8.04. The minimum Gasteiger partial charge on any atom is -0.355 e. The summed E-state index contributed by atoms with van der Waals surface area (Å²) in [6, 6.07) is 7.65. The van der Waals surface area contributed by atoms with Crippen molar-refractivity contribution in [2.75, 3.05) is 26.7 Å². The highest BCUT2D eigenvalue weighted by molar-refractivity contribution is 5.81. The summed E-state index contributed by atoms with van der Waals surface area (Å²) in [6.45, 7) is 6.00. The Morgan fingerprint density at radius 1 is 1.30 bits per heavy atom. The van der Waals surface area contributed by atoms with Crippen molar-refractivity contribution in [3.63, 3.8) is 0 Å². The maximum absolute atomic E-state index is 12.3. The fourth-order valence-electron chi connectivity index (χ4n) is 2.71. The highest BCUT2D eigenvalue weighted by atomic mass is 16.2. The van der Waals surface area contributed by atoms with Crippen LogP contribution in [-0.4, -0.2) is 48.3 Å². The van der Waals surface area contributed by atoms with Crippen molar-refractivity contribution < 1.29 is 9.59 Å². The summed E-state index contributed by atoms with van der Waals surface area (Å²) in [5, 5.41) is 2.94. The molecular weight excluding hydrogens is 290 g/mol. The molecule has 0 saturated carbocycles. The molecule has 2 rings (SSSR count). The molecular formula is C18H25N3O2. The monoisotopic (exact) mass is 315 g/mol. The SMILES string of the molecule is CCN(C)CCNC(=O)CC1c2ccccc2C=CN1C(C)=O. The lowest BCUT2D eigenvalue weighted by Gasteiger charge is -2.32. The maximum atomic E-state index is 12.3. The molecule has 0 bridgehead atoms. The van der Waals surface area contributed by atoms with Crippen LogP contribution in [0.3, 0.4) is 0 Å². The Labute approximate surface area is 138 Å². The van der Waals surface area contributed by atoms with Crippen LogP contribution in [0.25, 0.3) is 6.08 Å². The summed E-state index contributed by atoms with van der Waals surface area (Å²) in [7, 11) is 2.02. The maximum Gasteiger partial charge on any atom is 0.223 e. The lowest BCUT2D eigenvalue weighted by molar-refractivity contribution is -0.129. The molecule has 23 heavy (non-hydrogen) atoms. The van der Waals surface area contributed by atoms with Gasteiger partial charge in [-0.3, -0.25) is 9.59 Å². The van der Waals surface area contributed by atoms with Gasteiger partial charge in [-0.2, -0.15) is 0 Å². The van der Waals surface area contributed by atoms with Gasteiger partial charge in [-0.25, -0.2) is 0 Å². The average molecular weight is 315 g/mol. The van der Waals surface area contributed by atoms with Gasteiger partial charge in [0.2, 0.25) is 11.8 Å². The molecule has 5 nitrogen and oxygen atoms in total. The van der Waals surface area contributed by atoms with Crippen molar-refractivity contribution in [2.45, 2.75) is 26.3 Å². The number of nitrogens with zero attached hydrogens (tertiary/aromatic N) is 2. The third kappa shape index (κ3) is 4.42. The van der Waals surface area contributed by atoms with Crippen LogP contribution >= 0.6 is 0 Å². The van der Waals surface area contributed by atoms with E-state index in [1.807, 2.05) is 37.4 Å². The van der Waals surface area contributed by atoms with E-state index in [2.05, 4.69) is 17.1 Å². The van der Waals surface area contributed by atoms with E-state index in [-0.39, 0.29) is 24.3 Å². The van der Waals surface area contributed by atoms with Crippen molar-refractivity contribution >= 4 is 17.9 Å². The Morgan fingerprint density at radius 3 is 2.74 bits per heavy atom. The van der Waals surface area contributed by atoms with E-state index in [1.165, 1.54) is 6.92 Å². The molecule has 0 aromatic heterocycles. The Hall–Kier alpha value is -2.14. The molecule has 1 aliphatic rings. The van der Waals surface area contributed by atoms with Gasteiger partial charge in [0.1, 0.15) is 0 Å². The van der Waals surface area contributed by atoms with Gasteiger partial charge in [0, 0.05) is 26.2 Å². The Bertz CT molecular complexity index is 598. The second-order valence-corrected chi connectivity index (χ2v) is 5.84. The molecule has 5 heteroatoms. The molecule has 1 aliphatic heterocycles. The predicted molar refractivity (Wildman–Crippen MR) is 91.5 cm³/mol. The zero-order valence-electron chi connectivity index (χ0n) is 14.1. The number of carbonyl (C=O) groups is 2. The van der Waals surface area contributed by atoms with Crippen LogP contribution < -0.4 is 5.32 Å². The molecule has 0 fully saturated rings.